The number of benzene rings is 1. The van der Waals surface area contributed by atoms with E-state index in [-0.39, 0.29) is 0 Å². The van der Waals surface area contributed by atoms with Crippen molar-refractivity contribution < 1.29 is 19.1 Å². The second kappa shape index (κ2) is 3.89. The van der Waals surface area contributed by atoms with Gasteiger partial charge >= 0.3 is 7.60 Å². The van der Waals surface area contributed by atoms with Gasteiger partial charge in [0.15, 0.2) is 5.78 Å². The van der Waals surface area contributed by atoms with Crippen LogP contribution in [0.3, 0.4) is 0 Å². The minimum Gasteiger partial charge on any atom is -0.324 e. The molecule has 5 heteroatoms. The van der Waals surface area contributed by atoms with E-state index in [2.05, 4.69) is 0 Å². The van der Waals surface area contributed by atoms with Crippen LogP contribution in [0.25, 0.3) is 0 Å². The molecule has 0 bridgehead atoms. The topological polar surface area (TPSA) is 74.6 Å². The van der Waals surface area contributed by atoms with Gasteiger partial charge in [-0.1, -0.05) is 30.3 Å². The molecule has 0 heterocycles. The van der Waals surface area contributed by atoms with E-state index in [0.29, 0.717) is 5.56 Å². The zero-order valence-electron chi connectivity index (χ0n) is 8.54. The zero-order valence-corrected chi connectivity index (χ0v) is 9.44. The van der Waals surface area contributed by atoms with Crippen LogP contribution in [0.15, 0.2) is 30.3 Å². The Balaban J connectivity index is 3.12. The van der Waals surface area contributed by atoms with Crippen LogP contribution in [0.4, 0.5) is 0 Å². The molecule has 0 amide bonds. The first-order valence-corrected chi connectivity index (χ1v) is 6.03. The molecule has 4 nitrogen and oxygen atoms in total. The molecule has 0 saturated heterocycles. The fourth-order valence-electron chi connectivity index (χ4n) is 1.08. The van der Waals surface area contributed by atoms with Crippen LogP contribution in [0.1, 0.15) is 24.2 Å². The summed E-state index contributed by atoms with van der Waals surface area (Å²) in [6, 6.07) is 8.13. The van der Waals surface area contributed by atoms with E-state index in [1.165, 1.54) is 13.8 Å². The van der Waals surface area contributed by atoms with Crippen LogP contribution in [0, 0.1) is 0 Å². The Morgan fingerprint density at radius 1 is 1.20 bits per heavy atom. The van der Waals surface area contributed by atoms with Crippen LogP contribution in [-0.4, -0.2) is 20.7 Å². The molecule has 0 aliphatic carbocycles. The first-order chi connectivity index (χ1) is 6.77. The maximum Gasteiger partial charge on any atom is 0.338 e. The second-order valence-corrected chi connectivity index (χ2v) is 6.00. The molecule has 0 aliphatic rings. The fraction of sp³-hybridized carbons (Fsp3) is 0.300. The molecule has 0 aliphatic heterocycles. The van der Waals surface area contributed by atoms with Crippen LogP contribution in [0.5, 0.6) is 0 Å². The summed E-state index contributed by atoms with van der Waals surface area (Å²) in [5.74, 6) is -0.545. The van der Waals surface area contributed by atoms with E-state index in [1.807, 2.05) is 0 Å². The van der Waals surface area contributed by atoms with Crippen LogP contribution in [0.2, 0.25) is 0 Å². The highest BCUT2D eigenvalue weighted by Crippen LogP contribution is 2.51. The Morgan fingerprint density at radius 3 is 2.07 bits per heavy atom. The lowest BCUT2D eigenvalue weighted by molar-refractivity contribution is 0.0940. The summed E-state index contributed by atoms with van der Waals surface area (Å²) in [6.07, 6.45) is 0. The van der Waals surface area contributed by atoms with Crippen LogP contribution >= 0.6 is 7.60 Å². The molecule has 0 aromatic heterocycles. The molecule has 0 saturated carbocycles. The normalized spacial score (nSPS) is 12.5. The van der Waals surface area contributed by atoms with Crippen molar-refractivity contribution >= 4 is 13.4 Å². The smallest absolute Gasteiger partial charge is 0.324 e. The van der Waals surface area contributed by atoms with Crippen molar-refractivity contribution in [1.82, 2.24) is 0 Å². The Labute approximate surface area is 88.1 Å². The highest BCUT2D eigenvalue weighted by Gasteiger charge is 2.44. The van der Waals surface area contributed by atoms with E-state index < -0.39 is 18.5 Å². The quantitative estimate of drug-likeness (QED) is 0.611. The Bertz CT molecular complexity index is 405. The number of carbonyl (C=O) groups is 1. The summed E-state index contributed by atoms with van der Waals surface area (Å²) in [5.41, 5.74) is 0.311. The Hall–Kier alpha value is -0.960. The first kappa shape index (κ1) is 12.1. The molecular weight excluding hydrogens is 215 g/mol. The molecule has 1 rings (SSSR count). The number of rotatable bonds is 3. The summed E-state index contributed by atoms with van der Waals surface area (Å²) < 4.78 is 11.1. The predicted octanol–water partition coefficient (Wildman–Crippen LogP) is 1.83. The van der Waals surface area contributed by atoms with Crippen molar-refractivity contribution in [2.45, 2.75) is 19.0 Å². The van der Waals surface area contributed by atoms with Gasteiger partial charge in [0.2, 0.25) is 0 Å². The number of Topliss-reactive ketones (excluding diaryl/α,β-unsaturated/α-hetero) is 1. The molecule has 0 unspecified atom stereocenters. The van der Waals surface area contributed by atoms with Gasteiger partial charge in [-0.05, 0) is 13.8 Å². The standard InChI is InChI=1S/C10H13O4P/c1-10(2,15(12,13)14)9(11)8-6-4-3-5-7-8/h3-7H,1-2H3,(H2,12,13,14). The van der Waals surface area contributed by atoms with Gasteiger partial charge in [-0.15, -0.1) is 0 Å². The molecule has 82 valence electrons. The molecule has 0 radical (unpaired) electrons. The SMILES string of the molecule is CC(C)(C(=O)c1ccccc1)P(=O)(O)O. The van der Waals surface area contributed by atoms with Crippen molar-refractivity contribution in [3.63, 3.8) is 0 Å². The lowest BCUT2D eigenvalue weighted by atomic mass is 10.0. The second-order valence-electron chi connectivity index (χ2n) is 3.80. The first-order valence-electron chi connectivity index (χ1n) is 4.42. The molecule has 2 N–H and O–H groups in total. The average Bonchev–Trinajstić information content (AvgIpc) is 2.16. The molecule has 0 fully saturated rings. The van der Waals surface area contributed by atoms with Gasteiger partial charge in [0.25, 0.3) is 0 Å². The maximum absolute atomic E-state index is 11.8. The number of hydrogen-bond donors (Lipinski definition) is 2. The maximum atomic E-state index is 11.8. The van der Waals surface area contributed by atoms with Gasteiger partial charge in [-0.3, -0.25) is 9.36 Å². The predicted molar refractivity (Wildman–Crippen MR) is 56.9 cm³/mol. The van der Waals surface area contributed by atoms with Gasteiger partial charge in [0.1, 0.15) is 5.16 Å². The minimum atomic E-state index is -4.44. The number of hydrogen-bond acceptors (Lipinski definition) is 2. The van der Waals surface area contributed by atoms with Crippen LogP contribution in [-0.2, 0) is 4.57 Å². The lowest BCUT2D eigenvalue weighted by Crippen LogP contribution is -2.31. The molecular formula is C10H13O4P. The summed E-state index contributed by atoms with van der Waals surface area (Å²) in [4.78, 5) is 30.0. The highest BCUT2D eigenvalue weighted by atomic mass is 31.2. The summed E-state index contributed by atoms with van der Waals surface area (Å²) in [7, 11) is -4.44. The van der Waals surface area contributed by atoms with Gasteiger partial charge in [-0.25, -0.2) is 0 Å². The fourth-order valence-corrected chi connectivity index (χ4v) is 1.47. The summed E-state index contributed by atoms with van der Waals surface area (Å²) in [5, 5.41) is -1.67. The van der Waals surface area contributed by atoms with Crippen molar-refractivity contribution in [2.75, 3.05) is 0 Å². The summed E-state index contributed by atoms with van der Waals surface area (Å²) in [6.45, 7) is 2.51. The summed E-state index contributed by atoms with van der Waals surface area (Å²) >= 11 is 0. The third-order valence-corrected chi connectivity index (χ3v) is 3.98. The van der Waals surface area contributed by atoms with E-state index in [9.17, 15) is 9.36 Å². The third-order valence-electron chi connectivity index (χ3n) is 2.32. The Kier molecular flexibility index (Phi) is 3.14. The minimum absolute atomic E-state index is 0.311. The number of ketones is 1. The molecule has 0 spiro atoms. The van der Waals surface area contributed by atoms with Crippen molar-refractivity contribution in [3.8, 4) is 0 Å². The third kappa shape index (κ3) is 2.34. The van der Waals surface area contributed by atoms with Gasteiger partial charge < -0.3 is 9.79 Å². The lowest BCUT2D eigenvalue weighted by Gasteiger charge is -2.23. The van der Waals surface area contributed by atoms with Crippen molar-refractivity contribution in [2.24, 2.45) is 0 Å². The molecule has 1 aromatic rings. The van der Waals surface area contributed by atoms with Gasteiger partial charge in [0, 0.05) is 5.56 Å². The highest BCUT2D eigenvalue weighted by molar-refractivity contribution is 7.54. The van der Waals surface area contributed by atoms with E-state index in [1.54, 1.807) is 30.3 Å². The largest absolute Gasteiger partial charge is 0.338 e. The van der Waals surface area contributed by atoms with E-state index >= 15 is 0 Å². The van der Waals surface area contributed by atoms with Crippen molar-refractivity contribution in [3.05, 3.63) is 35.9 Å². The monoisotopic (exact) mass is 228 g/mol. The van der Waals surface area contributed by atoms with Gasteiger partial charge in [0.05, 0.1) is 0 Å². The molecule has 15 heavy (non-hydrogen) atoms. The average molecular weight is 228 g/mol. The Morgan fingerprint density at radius 2 is 1.67 bits per heavy atom. The molecule has 1 aromatic carbocycles. The number of carbonyl (C=O) groups excluding carboxylic acids is 1. The molecule has 0 atom stereocenters. The van der Waals surface area contributed by atoms with Crippen molar-refractivity contribution in [1.29, 1.82) is 0 Å². The van der Waals surface area contributed by atoms with E-state index in [0.717, 1.165) is 0 Å². The van der Waals surface area contributed by atoms with E-state index in [4.69, 9.17) is 9.79 Å². The van der Waals surface area contributed by atoms with Crippen LogP contribution < -0.4 is 0 Å². The zero-order chi connectivity index (χ0) is 11.7. The van der Waals surface area contributed by atoms with Gasteiger partial charge in [-0.2, -0.15) is 0 Å².